The topological polar surface area (TPSA) is 80.5 Å². The summed E-state index contributed by atoms with van der Waals surface area (Å²) < 4.78 is 7.13. The zero-order chi connectivity index (χ0) is 18.8. The molecule has 1 N–H and O–H groups in total. The number of morpholine rings is 1. The Kier molecular flexibility index (Phi) is 4.30. The first-order valence-electron chi connectivity index (χ1n) is 9.20. The number of nitrogens with zero attached hydrogens (tertiary/aromatic N) is 6. The highest BCUT2D eigenvalue weighted by molar-refractivity contribution is 5.61. The fraction of sp³-hybridized carbons (Fsp3) is 0.200. The minimum atomic E-state index is 0.506. The number of fused-ring (bicyclic) bond motifs is 1. The fourth-order valence-corrected chi connectivity index (χ4v) is 3.22. The van der Waals surface area contributed by atoms with Crippen LogP contribution < -0.4 is 10.2 Å². The van der Waals surface area contributed by atoms with Crippen LogP contribution in [0.25, 0.3) is 17.0 Å². The molecule has 8 nitrogen and oxygen atoms in total. The standard InChI is InChI=1S/C20H19N7O/c1-2-4-15(5-3-1)19-21-9-8-18-24-20(25-27(18)19)23-16-6-7-17(22-14-16)26-10-12-28-13-11-26/h1-9,14H,10-13H2,(H,23,25). The van der Waals surface area contributed by atoms with E-state index in [2.05, 4.69) is 30.3 Å². The van der Waals surface area contributed by atoms with E-state index in [1.807, 2.05) is 48.5 Å². The Morgan fingerprint density at radius 1 is 0.929 bits per heavy atom. The predicted octanol–water partition coefficient (Wildman–Crippen LogP) is 2.77. The summed E-state index contributed by atoms with van der Waals surface area (Å²) in [6, 6.07) is 15.8. The lowest BCUT2D eigenvalue weighted by atomic mass is 10.2. The molecule has 4 heterocycles. The predicted molar refractivity (Wildman–Crippen MR) is 107 cm³/mol. The lowest BCUT2D eigenvalue weighted by Crippen LogP contribution is -2.36. The highest BCUT2D eigenvalue weighted by atomic mass is 16.5. The molecule has 140 valence electrons. The van der Waals surface area contributed by atoms with Gasteiger partial charge in [-0.15, -0.1) is 5.10 Å². The number of ether oxygens (including phenoxy) is 1. The summed E-state index contributed by atoms with van der Waals surface area (Å²) in [5.74, 6) is 2.21. The molecular weight excluding hydrogens is 354 g/mol. The summed E-state index contributed by atoms with van der Waals surface area (Å²) >= 11 is 0. The average molecular weight is 373 g/mol. The van der Waals surface area contributed by atoms with Crippen molar-refractivity contribution in [3.8, 4) is 11.4 Å². The molecule has 0 saturated carbocycles. The van der Waals surface area contributed by atoms with Gasteiger partial charge in [-0.1, -0.05) is 30.3 Å². The van der Waals surface area contributed by atoms with Crippen LogP contribution in [0.15, 0.2) is 60.9 Å². The lowest BCUT2D eigenvalue weighted by Gasteiger charge is -2.27. The van der Waals surface area contributed by atoms with E-state index in [1.165, 1.54) is 0 Å². The molecule has 1 aromatic carbocycles. The average Bonchev–Trinajstić information content (AvgIpc) is 3.18. The molecule has 1 aliphatic heterocycles. The number of aromatic nitrogens is 5. The maximum Gasteiger partial charge on any atom is 0.247 e. The van der Waals surface area contributed by atoms with Crippen molar-refractivity contribution in [1.82, 2.24) is 24.6 Å². The molecule has 5 rings (SSSR count). The summed E-state index contributed by atoms with van der Waals surface area (Å²) in [5.41, 5.74) is 2.55. The zero-order valence-electron chi connectivity index (χ0n) is 15.2. The fourth-order valence-electron chi connectivity index (χ4n) is 3.22. The zero-order valence-corrected chi connectivity index (χ0v) is 15.2. The third-order valence-electron chi connectivity index (χ3n) is 4.62. The van der Waals surface area contributed by atoms with Crippen molar-refractivity contribution in [3.63, 3.8) is 0 Å². The molecule has 8 heteroatoms. The number of hydrogen-bond donors (Lipinski definition) is 1. The van der Waals surface area contributed by atoms with Crippen LogP contribution in [0.5, 0.6) is 0 Å². The van der Waals surface area contributed by atoms with Gasteiger partial charge in [-0.2, -0.15) is 9.50 Å². The Morgan fingerprint density at radius 3 is 2.57 bits per heavy atom. The molecule has 0 atom stereocenters. The number of pyridine rings is 1. The Hall–Kier alpha value is -3.52. The maximum atomic E-state index is 5.39. The number of anilines is 3. The summed E-state index contributed by atoms with van der Waals surface area (Å²) in [4.78, 5) is 15.8. The highest BCUT2D eigenvalue weighted by Gasteiger charge is 2.13. The van der Waals surface area contributed by atoms with Crippen LogP contribution in [0.1, 0.15) is 0 Å². The van der Waals surface area contributed by atoms with Gasteiger partial charge in [-0.25, -0.2) is 9.97 Å². The first-order chi connectivity index (χ1) is 13.9. The first kappa shape index (κ1) is 16.6. The molecule has 0 spiro atoms. The third kappa shape index (κ3) is 3.25. The minimum absolute atomic E-state index is 0.506. The van der Waals surface area contributed by atoms with E-state index >= 15 is 0 Å². The minimum Gasteiger partial charge on any atom is -0.378 e. The van der Waals surface area contributed by atoms with Crippen LogP contribution in [0.2, 0.25) is 0 Å². The van der Waals surface area contributed by atoms with Gasteiger partial charge in [0.2, 0.25) is 5.95 Å². The van der Waals surface area contributed by atoms with Crippen molar-refractivity contribution in [3.05, 3.63) is 60.9 Å². The van der Waals surface area contributed by atoms with Crippen molar-refractivity contribution < 1.29 is 4.74 Å². The smallest absolute Gasteiger partial charge is 0.247 e. The molecule has 0 aliphatic carbocycles. The Bertz CT molecular complexity index is 1070. The van der Waals surface area contributed by atoms with Gasteiger partial charge < -0.3 is 15.0 Å². The Morgan fingerprint density at radius 2 is 1.79 bits per heavy atom. The second-order valence-electron chi connectivity index (χ2n) is 6.47. The van der Waals surface area contributed by atoms with Crippen molar-refractivity contribution in [1.29, 1.82) is 0 Å². The normalized spacial score (nSPS) is 14.4. The molecule has 4 aromatic rings. The molecule has 1 saturated heterocycles. The van der Waals surface area contributed by atoms with Crippen molar-refractivity contribution in [2.45, 2.75) is 0 Å². The number of benzene rings is 1. The second-order valence-corrected chi connectivity index (χ2v) is 6.47. The van der Waals surface area contributed by atoms with Gasteiger partial charge in [0.15, 0.2) is 11.5 Å². The van der Waals surface area contributed by atoms with Crippen molar-refractivity contribution in [2.75, 3.05) is 36.5 Å². The monoisotopic (exact) mass is 373 g/mol. The van der Waals surface area contributed by atoms with Gasteiger partial charge in [-0.05, 0) is 12.1 Å². The molecule has 28 heavy (non-hydrogen) atoms. The van der Waals surface area contributed by atoms with Gasteiger partial charge in [0.25, 0.3) is 0 Å². The number of rotatable bonds is 4. The first-order valence-corrected chi connectivity index (χ1v) is 9.20. The van der Waals surface area contributed by atoms with Crippen LogP contribution in [0, 0.1) is 0 Å². The molecule has 3 aromatic heterocycles. The van der Waals surface area contributed by atoms with Crippen LogP contribution >= 0.6 is 0 Å². The van der Waals surface area contributed by atoms with Crippen molar-refractivity contribution in [2.24, 2.45) is 0 Å². The van der Waals surface area contributed by atoms with Crippen LogP contribution in [0.3, 0.4) is 0 Å². The van der Waals surface area contributed by atoms with Gasteiger partial charge >= 0.3 is 0 Å². The van der Waals surface area contributed by atoms with Crippen LogP contribution in [-0.2, 0) is 4.74 Å². The van der Waals surface area contributed by atoms with Gasteiger partial charge in [-0.3, -0.25) is 0 Å². The van der Waals surface area contributed by atoms with Gasteiger partial charge in [0.1, 0.15) is 5.82 Å². The largest absolute Gasteiger partial charge is 0.378 e. The van der Waals surface area contributed by atoms with E-state index in [0.29, 0.717) is 5.95 Å². The Labute approximate surface area is 161 Å². The van der Waals surface area contributed by atoms with E-state index in [0.717, 1.165) is 54.8 Å². The summed E-state index contributed by atoms with van der Waals surface area (Å²) in [7, 11) is 0. The molecular formula is C20H19N7O. The lowest BCUT2D eigenvalue weighted by molar-refractivity contribution is 0.122. The van der Waals surface area contributed by atoms with E-state index in [4.69, 9.17) is 4.74 Å². The highest BCUT2D eigenvalue weighted by Crippen LogP contribution is 2.21. The van der Waals surface area contributed by atoms with E-state index in [-0.39, 0.29) is 0 Å². The summed E-state index contributed by atoms with van der Waals surface area (Å²) in [6.45, 7) is 3.21. The van der Waals surface area contributed by atoms with Crippen LogP contribution in [0.4, 0.5) is 17.5 Å². The SMILES string of the molecule is c1ccc(-c2nccc3nc(Nc4ccc(N5CCOCC5)nc4)nn23)cc1. The van der Waals surface area contributed by atoms with E-state index in [9.17, 15) is 0 Å². The molecule has 0 radical (unpaired) electrons. The van der Waals surface area contributed by atoms with Gasteiger partial charge in [0, 0.05) is 30.9 Å². The molecule has 0 unspecified atom stereocenters. The van der Waals surface area contributed by atoms with E-state index in [1.54, 1.807) is 16.9 Å². The second kappa shape index (κ2) is 7.24. The van der Waals surface area contributed by atoms with Gasteiger partial charge in [0.05, 0.1) is 25.1 Å². The molecule has 1 fully saturated rings. The summed E-state index contributed by atoms with van der Waals surface area (Å²) in [6.07, 6.45) is 3.54. The number of nitrogens with one attached hydrogen (secondary N) is 1. The van der Waals surface area contributed by atoms with E-state index < -0.39 is 0 Å². The number of hydrogen-bond acceptors (Lipinski definition) is 7. The third-order valence-corrected chi connectivity index (χ3v) is 4.62. The molecule has 0 bridgehead atoms. The Balaban J connectivity index is 1.40. The van der Waals surface area contributed by atoms with Crippen LogP contribution in [-0.4, -0.2) is 50.9 Å². The maximum absolute atomic E-state index is 5.39. The molecule has 0 amide bonds. The quantitative estimate of drug-likeness (QED) is 0.589. The summed E-state index contributed by atoms with van der Waals surface area (Å²) in [5, 5.41) is 7.80. The molecule has 1 aliphatic rings. The van der Waals surface area contributed by atoms with Crippen molar-refractivity contribution >= 4 is 23.1 Å².